The van der Waals surface area contributed by atoms with Gasteiger partial charge in [-0.2, -0.15) is 0 Å². The lowest BCUT2D eigenvalue weighted by Gasteiger charge is -2.02. The van der Waals surface area contributed by atoms with Crippen molar-refractivity contribution in [2.24, 2.45) is 0 Å². The van der Waals surface area contributed by atoms with Crippen molar-refractivity contribution in [1.29, 1.82) is 0 Å². The van der Waals surface area contributed by atoms with Gasteiger partial charge < -0.3 is 5.11 Å². The van der Waals surface area contributed by atoms with Gasteiger partial charge in [0.1, 0.15) is 5.69 Å². The van der Waals surface area contributed by atoms with Gasteiger partial charge in [0.15, 0.2) is 0 Å². The van der Waals surface area contributed by atoms with Gasteiger partial charge in [0.25, 0.3) is 0 Å². The summed E-state index contributed by atoms with van der Waals surface area (Å²) in [6.45, 7) is 3.53. The third kappa shape index (κ3) is 1.56. The van der Waals surface area contributed by atoms with E-state index in [0.717, 1.165) is 5.56 Å². The Morgan fingerprint density at radius 2 is 2.17 bits per heavy atom. The van der Waals surface area contributed by atoms with Crippen LogP contribution in [-0.2, 0) is 0 Å². The molecule has 0 aliphatic heterocycles. The monoisotopic (exact) mass is 185 g/mol. The van der Waals surface area contributed by atoms with Crippen molar-refractivity contribution in [2.75, 3.05) is 0 Å². The number of carboxylic acids is 1. The molecular weight excluding hydrogens is 178 g/mol. The van der Waals surface area contributed by atoms with Crippen LogP contribution in [-0.4, -0.2) is 16.1 Å². The van der Waals surface area contributed by atoms with Crippen LogP contribution in [0.2, 0.25) is 5.02 Å². The normalized spacial score (nSPS) is 9.92. The first-order valence-electron chi connectivity index (χ1n) is 3.39. The molecule has 0 aromatic carbocycles. The Labute approximate surface area is 75.0 Å². The minimum absolute atomic E-state index is 0.0110. The highest BCUT2D eigenvalue weighted by atomic mass is 35.5. The summed E-state index contributed by atoms with van der Waals surface area (Å²) < 4.78 is 0. The average Bonchev–Trinajstić information content (AvgIpc) is 1.99. The molecule has 0 saturated carbocycles. The van der Waals surface area contributed by atoms with E-state index in [2.05, 4.69) is 4.98 Å². The topological polar surface area (TPSA) is 50.2 Å². The summed E-state index contributed by atoms with van der Waals surface area (Å²) in [7, 11) is 0. The molecule has 0 aliphatic rings. The van der Waals surface area contributed by atoms with Gasteiger partial charge in [0.2, 0.25) is 0 Å². The number of aromatic nitrogens is 1. The third-order valence-corrected chi connectivity index (χ3v) is 2.06. The highest BCUT2D eigenvalue weighted by Crippen LogP contribution is 2.18. The largest absolute Gasteiger partial charge is 0.477 e. The van der Waals surface area contributed by atoms with E-state index in [1.165, 1.54) is 6.07 Å². The highest BCUT2D eigenvalue weighted by Gasteiger charge is 2.08. The average molecular weight is 186 g/mol. The first-order valence-corrected chi connectivity index (χ1v) is 3.77. The molecule has 0 saturated heterocycles. The third-order valence-electron chi connectivity index (χ3n) is 1.67. The van der Waals surface area contributed by atoms with E-state index in [1.54, 1.807) is 13.8 Å². The number of nitrogens with zero attached hydrogens (tertiary/aromatic N) is 1. The van der Waals surface area contributed by atoms with E-state index in [0.29, 0.717) is 10.7 Å². The zero-order chi connectivity index (χ0) is 9.30. The zero-order valence-electron chi connectivity index (χ0n) is 6.76. The summed E-state index contributed by atoms with van der Waals surface area (Å²) in [5.41, 5.74) is 1.46. The van der Waals surface area contributed by atoms with Crippen molar-refractivity contribution in [3.05, 3.63) is 28.0 Å². The number of hydrogen-bond donors (Lipinski definition) is 1. The first-order chi connectivity index (χ1) is 5.52. The Morgan fingerprint density at radius 1 is 1.58 bits per heavy atom. The second kappa shape index (κ2) is 3.11. The Kier molecular flexibility index (Phi) is 2.33. The molecule has 0 spiro atoms. The van der Waals surface area contributed by atoms with E-state index >= 15 is 0 Å². The van der Waals surface area contributed by atoms with Crippen molar-refractivity contribution in [1.82, 2.24) is 4.98 Å². The smallest absolute Gasteiger partial charge is 0.354 e. The number of hydrogen-bond acceptors (Lipinski definition) is 2. The summed E-state index contributed by atoms with van der Waals surface area (Å²) in [5, 5.41) is 9.05. The summed E-state index contributed by atoms with van der Waals surface area (Å²) in [6, 6.07) is 1.35. The van der Waals surface area contributed by atoms with Crippen LogP contribution in [0.1, 0.15) is 21.7 Å². The molecule has 1 N–H and O–H groups in total. The van der Waals surface area contributed by atoms with Gasteiger partial charge in [-0.3, -0.25) is 0 Å². The molecular formula is C8H8ClNO2. The number of carboxylic acid groups (broad SMARTS) is 1. The molecule has 12 heavy (non-hydrogen) atoms. The highest BCUT2D eigenvalue weighted by molar-refractivity contribution is 6.31. The summed E-state index contributed by atoms with van der Waals surface area (Å²) in [5.74, 6) is -1.06. The Morgan fingerprint density at radius 3 is 2.58 bits per heavy atom. The number of carbonyl (C=O) groups is 1. The minimum atomic E-state index is -1.06. The molecule has 0 atom stereocenters. The van der Waals surface area contributed by atoms with Gasteiger partial charge in [-0.1, -0.05) is 11.6 Å². The molecule has 1 aromatic heterocycles. The lowest BCUT2D eigenvalue weighted by Crippen LogP contribution is -2.02. The van der Waals surface area contributed by atoms with Crippen LogP contribution < -0.4 is 0 Å². The predicted molar refractivity (Wildman–Crippen MR) is 45.7 cm³/mol. The predicted octanol–water partition coefficient (Wildman–Crippen LogP) is 2.05. The molecule has 0 fully saturated rings. The molecule has 3 nitrogen and oxygen atoms in total. The van der Waals surface area contributed by atoms with Gasteiger partial charge in [-0.25, -0.2) is 9.78 Å². The maximum Gasteiger partial charge on any atom is 0.354 e. The van der Waals surface area contributed by atoms with Crippen LogP contribution in [0, 0.1) is 13.8 Å². The standard InChI is InChI=1S/C8H8ClNO2/c1-4-5(2)10-7(8(11)12)3-6(4)9/h3H,1-2H3,(H,11,12). The molecule has 0 aliphatic carbocycles. The fourth-order valence-electron chi connectivity index (χ4n) is 0.807. The summed E-state index contributed by atoms with van der Waals surface area (Å²) in [4.78, 5) is 14.3. The summed E-state index contributed by atoms with van der Waals surface area (Å²) >= 11 is 5.76. The van der Waals surface area contributed by atoms with Gasteiger partial charge in [0.05, 0.1) is 0 Å². The Hall–Kier alpha value is -1.09. The zero-order valence-corrected chi connectivity index (χ0v) is 7.51. The number of aryl methyl sites for hydroxylation is 1. The lowest BCUT2D eigenvalue weighted by molar-refractivity contribution is 0.0690. The van der Waals surface area contributed by atoms with Crippen molar-refractivity contribution in [2.45, 2.75) is 13.8 Å². The molecule has 4 heteroatoms. The van der Waals surface area contributed by atoms with Crippen molar-refractivity contribution in [3.8, 4) is 0 Å². The lowest BCUT2D eigenvalue weighted by atomic mass is 10.2. The van der Waals surface area contributed by atoms with E-state index < -0.39 is 5.97 Å². The molecule has 1 heterocycles. The number of halogens is 1. The molecule has 1 rings (SSSR count). The van der Waals surface area contributed by atoms with Crippen molar-refractivity contribution >= 4 is 17.6 Å². The molecule has 64 valence electrons. The van der Waals surface area contributed by atoms with E-state index in [9.17, 15) is 4.79 Å². The van der Waals surface area contributed by atoms with E-state index in [-0.39, 0.29) is 5.69 Å². The number of rotatable bonds is 1. The molecule has 0 radical (unpaired) electrons. The Bertz CT molecular complexity index is 313. The van der Waals surface area contributed by atoms with Crippen molar-refractivity contribution < 1.29 is 9.90 Å². The van der Waals surface area contributed by atoms with Crippen LogP contribution in [0.15, 0.2) is 6.07 Å². The van der Waals surface area contributed by atoms with Gasteiger partial charge in [-0.05, 0) is 25.5 Å². The molecule has 0 bridgehead atoms. The van der Waals surface area contributed by atoms with Crippen molar-refractivity contribution in [3.63, 3.8) is 0 Å². The second-order valence-electron chi connectivity index (χ2n) is 2.50. The van der Waals surface area contributed by atoms with Crippen LogP contribution in [0.3, 0.4) is 0 Å². The van der Waals surface area contributed by atoms with Crippen LogP contribution >= 0.6 is 11.6 Å². The number of aromatic carboxylic acids is 1. The summed E-state index contributed by atoms with van der Waals surface area (Å²) in [6.07, 6.45) is 0. The quantitative estimate of drug-likeness (QED) is 0.729. The fraction of sp³-hybridized carbons (Fsp3) is 0.250. The van der Waals surface area contributed by atoms with Crippen LogP contribution in [0.4, 0.5) is 0 Å². The molecule has 0 unspecified atom stereocenters. The first kappa shape index (κ1) is 9.00. The SMILES string of the molecule is Cc1nc(C(=O)O)cc(Cl)c1C. The molecule has 0 amide bonds. The van der Waals surface area contributed by atoms with Crippen LogP contribution in [0.25, 0.3) is 0 Å². The van der Waals surface area contributed by atoms with E-state index in [4.69, 9.17) is 16.7 Å². The van der Waals surface area contributed by atoms with Gasteiger partial charge in [0, 0.05) is 10.7 Å². The Balaban J connectivity index is 3.31. The van der Waals surface area contributed by atoms with Gasteiger partial charge in [-0.15, -0.1) is 0 Å². The van der Waals surface area contributed by atoms with Gasteiger partial charge >= 0.3 is 5.97 Å². The second-order valence-corrected chi connectivity index (χ2v) is 2.91. The maximum absolute atomic E-state index is 10.5. The van der Waals surface area contributed by atoms with E-state index in [1.807, 2.05) is 0 Å². The minimum Gasteiger partial charge on any atom is -0.477 e. The number of pyridine rings is 1. The maximum atomic E-state index is 10.5. The fourth-order valence-corrected chi connectivity index (χ4v) is 1.05. The molecule has 1 aromatic rings. The van der Waals surface area contributed by atoms with Crippen LogP contribution in [0.5, 0.6) is 0 Å².